The van der Waals surface area contributed by atoms with E-state index in [9.17, 15) is 34.4 Å². The van der Waals surface area contributed by atoms with Crippen molar-refractivity contribution in [1.29, 1.82) is 0 Å². The van der Waals surface area contributed by atoms with Gasteiger partial charge in [0.1, 0.15) is 19.3 Å². The first-order valence-electron chi connectivity index (χ1n) is 20.4. The second-order valence-electron chi connectivity index (χ2n) is 15.2. The van der Waals surface area contributed by atoms with Crippen LogP contribution in [0, 0.1) is 0 Å². The molecule has 0 bridgehead atoms. The molecule has 51 heavy (non-hydrogen) atoms. The number of allylic oxidation sites excluding steroid dienone is 2. The summed E-state index contributed by atoms with van der Waals surface area (Å²) in [6, 6.07) is 0. The third kappa shape index (κ3) is 33.3. The maximum Gasteiger partial charge on any atom is 0.265 e. The minimum absolute atomic E-state index is 0.0147. The molecule has 4 N–H and O–H groups in total. The molecular formula is C40H80NO9P. The first kappa shape index (κ1) is 52.1. The molecule has 0 spiro atoms. The van der Waals surface area contributed by atoms with E-state index in [-0.39, 0.29) is 19.4 Å². The van der Waals surface area contributed by atoms with Gasteiger partial charge in [-0.2, -0.15) is 0 Å². The topological polar surface area (TPSA) is 164 Å². The van der Waals surface area contributed by atoms with E-state index in [0.29, 0.717) is 23.9 Å². The van der Waals surface area contributed by atoms with Gasteiger partial charge in [-0.25, -0.2) is 0 Å². The Labute approximate surface area is 312 Å². The van der Waals surface area contributed by atoms with Gasteiger partial charge in [0.15, 0.2) is 11.6 Å². The van der Waals surface area contributed by atoms with Crippen LogP contribution in [0.1, 0.15) is 181 Å². The molecule has 0 fully saturated rings. The van der Waals surface area contributed by atoms with E-state index >= 15 is 0 Å². The quantitative estimate of drug-likeness (QED) is 0.0165. The van der Waals surface area contributed by atoms with Crippen molar-refractivity contribution in [3.8, 4) is 0 Å². The van der Waals surface area contributed by atoms with Crippen LogP contribution in [-0.2, 0) is 18.7 Å². The number of aliphatic hydroxyl groups excluding tert-OH is 2. The molecule has 0 aliphatic carbocycles. The highest BCUT2D eigenvalue weighted by Crippen LogP contribution is 2.29. The van der Waals surface area contributed by atoms with Gasteiger partial charge < -0.3 is 34.1 Å². The summed E-state index contributed by atoms with van der Waals surface area (Å²) in [6.07, 6.45) is 30.5. The first-order chi connectivity index (χ1) is 24.2. The molecule has 0 saturated carbocycles. The molecule has 10 nitrogen and oxygen atoms in total. The highest BCUT2D eigenvalue weighted by molar-refractivity contribution is 7.44. The number of ketones is 2. The van der Waals surface area contributed by atoms with Gasteiger partial charge in [-0.1, -0.05) is 142 Å². The lowest BCUT2D eigenvalue weighted by Gasteiger charge is -2.29. The van der Waals surface area contributed by atoms with Gasteiger partial charge >= 0.3 is 0 Å². The Balaban J connectivity index is 0. The number of phosphoric ester groups is 1. The van der Waals surface area contributed by atoms with Crippen molar-refractivity contribution in [3.05, 3.63) is 12.2 Å². The van der Waals surface area contributed by atoms with Crippen LogP contribution < -0.4 is 4.89 Å². The average Bonchev–Trinajstić information content (AvgIpc) is 3.06. The van der Waals surface area contributed by atoms with E-state index in [1.54, 1.807) is 0 Å². The molecule has 0 aromatic carbocycles. The van der Waals surface area contributed by atoms with E-state index in [4.69, 9.17) is 4.89 Å². The predicted octanol–water partition coefficient (Wildman–Crippen LogP) is 8.12. The van der Waals surface area contributed by atoms with Gasteiger partial charge in [0.25, 0.3) is 7.82 Å². The van der Waals surface area contributed by atoms with Gasteiger partial charge in [-0.3, -0.25) is 14.2 Å². The lowest BCUT2D eigenvalue weighted by molar-refractivity contribution is -0.870. The zero-order valence-electron chi connectivity index (χ0n) is 33.5. The van der Waals surface area contributed by atoms with Crippen LogP contribution in [0.4, 0.5) is 0 Å². The molecular weight excluding hydrogens is 669 g/mol. The SMILES string of the molecule is CCCCCCCC/C=C\CCCCCCCC(=O)[C@@](O)(C(=O)CCCCCCCCCCCCC)[C@@H](O)CO.C[N+](C)(C)CCOP(=O)([O-])O. The van der Waals surface area contributed by atoms with E-state index in [1.165, 1.54) is 89.9 Å². The van der Waals surface area contributed by atoms with Gasteiger partial charge in [-0.05, 0) is 38.5 Å². The lowest BCUT2D eigenvalue weighted by Crippen LogP contribution is -2.57. The van der Waals surface area contributed by atoms with Crippen molar-refractivity contribution in [2.75, 3.05) is 40.9 Å². The number of aliphatic hydroxyl groups is 3. The number of hydrogen-bond donors (Lipinski definition) is 4. The molecule has 0 aliphatic rings. The summed E-state index contributed by atoms with van der Waals surface area (Å²) in [5.41, 5.74) is -2.48. The van der Waals surface area contributed by atoms with Gasteiger partial charge in [-0.15, -0.1) is 0 Å². The van der Waals surface area contributed by atoms with Crippen LogP contribution in [-0.4, -0.2) is 88.9 Å². The number of carbonyl (C=O) groups excluding carboxylic acids is 2. The number of quaternary nitrogens is 1. The van der Waals surface area contributed by atoms with E-state index < -0.39 is 37.7 Å². The van der Waals surface area contributed by atoms with Crippen LogP contribution in [0.25, 0.3) is 0 Å². The zero-order chi connectivity index (χ0) is 38.9. The molecule has 0 rings (SSSR count). The number of unbranched alkanes of at least 4 members (excludes halogenated alkanes) is 21. The first-order valence-corrected chi connectivity index (χ1v) is 21.9. The molecule has 0 heterocycles. The van der Waals surface area contributed by atoms with Crippen molar-refractivity contribution in [2.45, 2.75) is 192 Å². The van der Waals surface area contributed by atoms with Crippen molar-refractivity contribution >= 4 is 19.4 Å². The summed E-state index contributed by atoms with van der Waals surface area (Å²) in [5, 5.41) is 30.5. The highest BCUT2D eigenvalue weighted by atomic mass is 31.2. The molecule has 0 amide bonds. The van der Waals surface area contributed by atoms with E-state index in [1.807, 2.05) is 21.1 Å². The Hall–Kier alpha value is -0.970. The second kappa shape index (κ2) is 33.6. The van der Waals surface area contributed by atoms with Crippen molar-refractivity contribution < 1.29 is 48.3 Å². The van der Waals surface area contributed by atoms with Crippen LogP contribution in [0.2, 0.25) is 0 Å². The molecule has 0 saturated heterocycles. The maximum atomic E-state index is 12.8. The summed E-state index contributed by atoms with van der Waals surface area (Å²) >= 11 is 0. The minimum atomic E-state index is -4.51. The van der Waals surface area contributed by atoms with Crippen LogP contribution >= 0.6 is 7.82 Å². The Kier molecular flexibility index (Phi) is 34.3. The van der Waals surface area contributed by atoms with Crippen molar-refractivity contribution in [2.24, 2.45) is 0 Å². The van der Waals surface area contributed by atoms with Crippen molar-refractivity contribution in [1.82, 2.24) is 0 Å². The minimum Gasteiger partial charge on any atom is -0.756 e. The largest absolute Gasteiger partial charge is 0.756 e. The molecule has 0 radical (unpaired) electrons. The number of phosphoric acid groups is 1. The predicted molar refractivity (Wildman–Crippen MR) is 207 cm³/mol. The second-order valence-corrected chi connectivity index (χ2v) is 16.4. The fourth-order valence-electron chi connectivity index (χ4n) is 5.78. The summed E-state index contributed by atoms with van der Waals surface area (Å²) in [7, 11) is 1.19. The fraction of sp³-hybridized carbons (Fsp3) is 0.900. The van der Waals surface area contributed by atoms with Crippen LogP contribution in [0.5, 0.6) is 0 Å². The molecule has 11 heteroatoms. The normalized spacial score (nSPS) is 14.9. The fourth-order valence-corrected chi connectivity index (χ4v) is 6.09. The number of rotatable bonds is 35. The summed E-state index contributed by atoms with van der Waals surface area (Å²) in [5.74, 6) is -1.30. The average molecular weight is 750 g/mol. The number of nitrogens with zero attached hydrogens (tertiary/aromatic N) is 1. The standard InChI is InChI=1S/C35H66O5.C5H14NO4P/c1-3-5-7-9-11-13-15-16-17-18-20-22-24-26-28-30-33(38)35(40,34(39)31-36)32(37)29-27-25-23-21-19-14-12-10-8-6-4-2;1-6(2,3)4-5-10-11(7,8)9/h16-17,34,36,39-40H,3-15,18-31H2,1-2H3;4-5H2,1-3H3,(H-,7,8,9)/b17-16-;/t34-,35-;/m0./s1. The maximum absolute atomic E-state index is 12.8. The summed E-state index contributed by atoms with van der Waals surface area (Å²) in [6.45, 7) is 4.22. The Morgan fingerprint density at radius 1 is 0.686 bits per heavy atom. The zero-order valence-corrected chi connectivity index (χ0v) is 34.4. The molecule has 304 valence electrons. The Morgan fingerprint density at radius 2 is 1.02 bits per heavy atom. The van der Waals surface area contributed by atoms with Gasteiger partial charge in [0.2, 0.25) is 5.60 Å². The van der Waals surface area contributed by atoms with E-state index in [2.05, 4.69) is 30.5 Å². The van der Waals surface area contributed by atoms with Crippen molar-refractivity contribution in [3.63, 3.8) is 0 Å². The van der Waals surface area contributed by atoms with Crippen LogP contribution in [0.15, 0.2) is 12.2 Å². The summed E-state index contributed by atoms with van der Waals surface area (Å²) in [4.78, 5) is 43.8. The molecule has 0 aliphatic heterocycles. The van der Waals surface area contributed by atoms with E-state index in [0.717, 1.165) is 51.4 Å². The van der Waals surface area contributed by atoms with Crippen LogP contribution in [0.3, 0.4) is 0 Å². The molecule has 0 aromatic rings. The monoisotopic (exact) mass is 750 g/mol. The highest BCUT2D eigenvalue weighted by Gasteiger charge is 2.48. The van der Waals surface area contributed by atoms with Gasteiger partial charge in [0.05, 0.1) is 27.7 Å². The van der Waals surface area contributed by atoms with Gasteiger partial charge in [0, 0.05) is 12.8 Å². The number of hydrogen-bond acceptors (Lipinski definition) is 8. The molecule has 0 aromatic heterocycles. The smallest absolute Gasteiger partial charge is 0.265 e. The summed E-state index contributed by atoms with van der Waals surface area (Å²) < 4.78 is 14.8. The third-order valence-corrected chi connectivity index (χ3v) is 9.70. The Bertz CT molecular complexity index is 903. The molecule has 3 atom stereocenters. The lowest BCUT2D eigenvalue weighted by atomic mass is 9.82. The number of carbonyl (C=O) groups is 2. The number of likely N-dealkylation sites (N-methyl/N-ethyl adjacent to an activating group) is 1. The number of Topliss-reactive ketones (excluding diaryl/α,β-unsaturated/α-hetero) is 2. The molecule has 1 unspecified atom stereocenters. The third-order valence-electron chi connectivity index (χ3n) is 9.19. The Morgan fingerprint density at radius 3 is 1.33 bits per heavy atom.